The molecule has 3 atom stereocenters. The summed E-state index contributed by atoms with van der Waals surface area (Å²) in [7, 11) is 1.82. The summed E-state index contributed by atoms with van der Waals surface area (Å²) in [6.45, 7) is 0. The smallest absolute Gasteiger partial charge is 0.0724 e. The Morgan fingerprint density at radius 3 is 2.88 bits per heavy atom. The van der Waals surface area contributed by atoms with E-state index < -0.39 is 0 Å². The number of hydrogen-bond acceptors (Lipinski definition) is 2. The van der Waals surface area contributed by atoms with E-state index in [0.717, 1.165) is 34.4 Å². The van der Waals surface area contributed by atoms with Gasteiger partial charge in [-0.2, -0.15) is 0 Å². The number of ether oxygens (including phenoxy) is 1. The van der Waals surface area contributed by atoms with E-state index in [4.69, 9.17) is 21.3 Å². The normalized spacial score (nSPS) is 28.3. The molecule has 24 heavy (non-hydrogen) atoms. The number of methoxy groups -OCH3 is 1. The highest BCUT2D eigenvalue weighted by atomic mass is 79.9. The zero-order valence-electron chi connectivity index (χ0n) is 13.5. The van der Waals surface area contributed by atoms with E-state index in [0.29, 0.717) is 5.92 Å². The second-order valence-corrected chi connectivity index (χ2v) is 7.97. The average molecular weight is 405 g/mol. The molecular formula is C20H19BrClNO. The second-order valence-electron chi connectivity index (χ2n) is 6.62. The van der Waals surface area contributed by atoms with Gasteiger partial charge in [0.15, 0.2) is 0 Å². The van der Waals surface area contributed by atoms with Gasteiger partial charge in [0.1, 0.15) is 0 Å². The number of hydrogen-bond donors (Lipinski definition) is 0. The summed E-state index contributed by atoms with van der Waals surface area (Å²) in [6, 6.07) is 14.6. The first kappa shape index (κ1) is 16.3. The van der Waals surface area contributed by atoms with Crippen molar-refractivity contribution in [1.82, 2.24) is 0 Å². The van der Waals surface area contributed by atoms with Crippen LogP contribution in [0.3, 0.4) is 0 Å². The van der Waals surface area contributed by atoms with E-state index in [-0.39, 0.29) is 11.5 Å². The van der Waals surface area contributed by atoms with Gasteiger partial charge in [-0.1, -0.05) is 52.2 Å². The molecule has 3 unspecified atom stereocenters. The molecule has 0 aromatic heterocycles. The zero-order valence-corrected chi connectivity index (χ0v) is 15.8. The fraction of sp³-hybridized carbons (Fsp3) is 0.350. The predicted molar refractivity (Wildman–Crippen MR) is 103 cm³/mol. The Labute approximate surface area is 156 Å². The molecule has 1 heterocycles. The lowest BCUT2D eigenvalue weighted by molar-refractivity contribution is 0.0230. The van der Waals surface area contributed by atoms with Gasteiger partial charge in [0, 0.05) is 28.7 Å². The van der Waals surface area contributed by atoms with Crippen LogP contribution in [0.2, 0.25) is 5.02 Å². The zero-order chi connectivity index (χ0) is 16.7. The SMILES string of the molecule is COC1CCCC(c2cccc(Cl)c2)C12C=Nc1cc(Br)ccc12. The summed E-state index contributed by atoms with van der Waals surface area (Å²) in [6.07, 6.45) is 5.57. The Balaban J connectivity index is 1.90. The number of benzene rings is 2. The molecule has 2 aromatic carbocycles. The highest BCUT2D eigenvalue weighted by Gasteiger charge is 2.52. The molecule has 124 valence electrons. The van der Waals surface area contributed by atoms with Crippen LogP contribution in [0.4, 0.5) is 5.69 Å². The number of halogens is 2. The van der Waals surface area contributed by atoms with Crippen molar-refractivity contribution in [2.45, 2.75) is 36.7 Å². The van der Waals surface area contributed by atoms with Crippen LogP contribution in [0.25, 0.3) is 0 Å². The summed E-state index contributed by atoms with van der Waals surface area (Å²) < 4.78 is 7.02. The molecule has 1 saturated carbocycles. The summed E-state index contributed by atoms with van der Waals surface area (Å²) in [4.78, 5) is 4.77. The molecular weight excluding hydrogens is 386 g/mol. The molecule has 0 amide bonds. The predicted octanol–water partition coefficient (Wildman–Crippen LogP) is 6.04. The van der Waals surface area contributed by atoms with Crippen LogP contribution in [0.1, 0.15) is 36.3 Å². The third-order valence-corrected chi connectivity index (χ3v) is 6.18. The van der Waals surface area contributed by atoms with Gasteiger partial charge < -0.3 is 4.74 Å². The van der Waals surface area contributed by atoms with Gasteiger partial charge in [0.2, 0.25) is 0 Å². The van der Waals surface area contributed by atoms with Gasteiger partial charge in [0.25, 0.3) is 0 Å². The van der Waals surface area contributed by atoms with Crippen molar-refractivity contribution in [3.63, 3.8) is 0 Å². The molecule has 1 spiro atoms. The van der Waals surface area contributed by atoms with Crippen LogP contribution < -0.4 is 0 Å². The Kier molecular flexibility index (Phi) is 4.27. The van der Waals surface area contributed by atoms with Crippen LogP contribution in [0, 0.1) is 0 Å². The van der Waals surface area contributed by atoms with Crippen molar-refractivity contribution in [1.29, 1.82) is 0 Å². The van der Waals surface area contributed by atoms with Crippen molar-refractivity contribution in [3.8, 4) is 0 Å². The van der Waals surface area contributed by atoms with E-state index in [1.807, 2.05) is 19.2 Å². The fourth-order valence-corrected chi connectivity index (χ4v) is 4.99. The third-order valence-electron chi connectivity index (χ3n) is 5.45. The fourth-order valence-electron chi connectivity index (χ4n) is 4.45. The van der Waals surface area contributed by atoms with Crippen LogP contribution >= 0.6 is 27.5 Å². The van der Waals surface area contributed by atoms with Crippen LogP contribution in [-0.4, -0.2) is 19.4 Å². The molecule has 4 rings (SSSR count). The first-order chi connectivity index (χ1) is 11.6. The van der Waals surface area contributed by atoms with Crippen LogP contribution in [0.5, 0.6) is 0 Å². The molecule has 1 aliphatic carbocycles. The summed E-state index contributed by atoms with van der Waals surface area (Å²) >= 11 is 9.84. The number of fused-ring (bicyclic) bond motifs is 2. The minimum Gasteiger partial charge on any atom is -0.380 e. The van der Waals surface area contributed by atoms with Gasteiger partial charge in [-0.3, -0.25) is 4.99 Å². The minimum absolute atomic E-state index is 0.126. The monoisotopic (exact) mass is 403 g/mol. The molecule has 0 radical (unpaired) electrons. The molecule has 1 aliphatic heterocycles. The van der Waals surface area contributed by atoms with E-state index in [1.54, 1.807) is 0 Å². The van der Waals surface area contributed by atoms with Crippen LogP contribution in [0.15, 0.2) is 51.9 Å². The van der Waals surface area contributed by atoms with Gasteiger partial charge >= 0.3 is 0 Å². The lowest BCUT2D eigenvalue weighted by atomic mass is 9.60. The Hall–Kier alpha value is -1.16. The molecule has 0 saturated heterocycles. The van der Waals surface area contributed by atoms with Gasteiger partial charge in [-0.25, -0.2) is 0 Å². The van der Waals surface area contributed by atoms with Crippen molar-refractivity contribution < 1.29 is 4.74 Å². The maximum absolute atomic E-state index is 6.28. The summed E-state index contributed by atoms with van der Waals surface area (Å²) in [5, 5.41) is 0.785. The average Bonchev–Trinajstić information content (AvgIpc) is 2.94. The lowest BCUT2D eigenvalue weighted by Gasteiger charge is -2.46. The second kappa shape index (κ2) is 6.29. The first-order valence-corrected chi connectivity index (χ1v) is 9.46. The van der Waals surface area contributed by atoms with Crippen LogP contribution in [-0.2, 0) is 10.2 Å². The molecule has 2 aromatic rings. The van der Waals surface area contributed by atoms with E-state index in [1.165, 1.54) is 11.1 Å². The topological polar surface area (TPSA) is 21.6 Å². The van der Waals surface area contributed by atoms with Crippen molar-refractivity contribution in [3.05, 3.63) is 63.1 Å². The van der Waals surface area contributed by atoms with Gasteiger partial charge in [-0.15, -0.1) is 0 Å². The molecule has 0 bridgehead atoms. The maximum Gasteiger partial charge on any atom is 0.0724 e. The van der Waals surface area contributed by atoms with Gasteiger partial charge in [-0.05, 0) is 48.2 Å². The largest absolute Gasteiger partial charge is 0.380 e. The molecule has 2 nitrogen and oxygen atoms in total. The first-order valence-electron chi connectivity index (χ1n) is 8.28. The van der Waals surface area contributed by atoms with Crippen molar-refractivity contribution >= 4 is 39.4 Å². The number of rotatable bonds is 2. The third kappa shape index (κ3) is 2.45. The highest BCUT2D eigenvalue weighted by molar-refractivity contribution is 9.10. The minimum atomic E-state index is -0.215. The van der Waals surface area contributed by atoms with Crippen molar-refractivity contribution in [2.24, 2.45) is 4.99 Å². The number of aliphatic imine (C=N–C) groups is 1. The lowest BCUT2D eigenvalue weighted by Crippen LogP contribution is -2.48. The number of nitrogens with zero attached hydrogens (tertiary/aromatic N) is 1. The summed E-state index contributed by atoms with van der Waals surface area (Å²) in [5.74, 6) is 0.320. The highest BCUT2D eigenvalue weighted by Crippen LogP contribution is 2.54. The molecule has 0 N–H and O–H groups in total. The molecule has 2 aliphatic rings. The van der Waals surface area contributed by atoms with E-state index in [9.17, 15) is 0 Å². The van der Waals surface area contributed by atoms with Crippen molar-refractivity contribution in [2.75, 3.05) is 7.11 Å². The van der Waals surface area contributed by atoms with E-state index >= 15 is 0 Å². The standard InChI is InChI=1S/C20H19BrClNO/c1-24-19-7-3-6-16(13-4-2-5-15(22)10-13)20(19)12-23-18-11-14(21)8-9-17(18)20/h2,4-5,8-12,16,19H,3,6-7H2,1H3. The van der Waals surface area contributed by atoms with Gasteiger partial charge in [0.05, 0.1) is 17.2 Å². The summed E-state index contributed by atoms with van der Waals surface area (Å²) in [5.41, 5.74) is 3.36. The molecule has 4 heteroatoms. The molecule has 1 fully saturated rings. The Morgan fingerprint density at radius 1 is 1.21 bits per heavy atom. The quantitative estimate of drug-likeness (QED) is 0.598. The Morgan fingerprint density at radius 2 is 2.08 bits per heavy atom. The van der Waals surface area contributed by atoms with E-state index in [2.05, 4.69) is 52.5 Å². The Bertz CT molecular complexity index is 806. The maximum atomic E-state index is 6.28.